The third kappa shape index (κ3) is 3.20. The molecular formula is C18H25F2NO3. The Labute approximate surface area is 141 Å². The van der Waals surface area contributed by atoms with Crippen molar-refractivity contribution in [1.82, 2.24) is 4.90 Å². The maximum atomic E-state index is 13.8. The van der Waals surface area contributed by atoms with Crippen LogP contribution < -0.4 is 0 Å². The van der Waals surface area contributed by atoms with Gasteiger partial charge in [-0.1, -0.05) is 6.07 Å². The largest absolute Gasteiger partial charge is 0.392 e. The van der Waals surface area contributed by atoms with Crippen molar-refractivity contribution in [2.75, 3.05) is 26.2 Å². The van der Waals surface area contributed by atoms with Gasteiger partial charge in [-0.3, -0.25) is 0 Å². The fourth-order valence-corrected chi connectivity index (χ4v) is 4.08. The molecule has 1 aliphatic heterocycles. The number of aliphatic hydroxyl groups is 2. The van der Waals surface area contributed by atoms with Crippen LogP contribution in [0.15, 0.2) is 18.2 Å². The molecule has 3 atom stereocenters. The van der Waals surface area contributed by atoms with Crippen LogP contribution in [0.25, 0.3) is 0 Å². The quantitative estimate of drug-likeness (QED) is 0.863. The van der Waals surface area contributed by atoms with Crippen LogP contribution in [0.4, 0.5) is 8.78 Å². The minimum absolute atomic E-state index is 0.110. The van der Waals surface area contributed by atoms with Gasteiger partial charge in [0.2, 0.25) is 0 Å². The molecule has 2 N–H and O–H groups in total. The van der Waals surface area contributed by atoms with E-state index in [4.69, 9.17) is 4.74 Å². The Balaban J connectivity index is 1.57. The predicted molar refractivity (Wildman–Crippen MR) is 85.5 cm³/mol. The monoisotopic (exact) mass is 341 g/mol. The standard InChI is InChI=1S/C18H25F2NO3/c1-2-24-17-10-16(23)18(17)5-7-21(8-6-18)11-15(22)13-4-3-12(19)9-14(13)20/h3-4,9,15-17,22-23H,2,5-8,10-11H2,1H3. The van der Waals surface area contributed by atoms with E-state index in [1.54, 1.807) is 0 Å². The first kappa shape index (κ1) is 17.7. The predicted octanol–water partition coefficient (Wildman–Crippen LogP) is 2.25. The lowest BCUT2D eigenvalue weighted by molar-refractivity contribution is -0.210. The summed E-state index contributed by atoms with van der Waals surface area (Å²) < 4.78 is 32.5. The lowest BCUT2D eigenvalue weighted by Gasteiger charge is -2.56. The first-order chi connectivity index (χ1) is 11.5. The molecule has 1 spiro atoms. The van der Waals surface area contributed by atoms with E-state index in [0.29, 0.717) is 19.6 Å². The molecule has 1 saturated carbocycles. The molecule has 3 rings (SSSR count). The van der Waals surface area contributed by atoms with Crippen molar-refractivity contribution < 1.29 is 23.7 Å². The molecular weight excluding hydrogens is 316 g/mol. The summed E-state index contributed by atoms with van der Waals surface area (Å²) in [4.78, 5) is 2.06. The second-order valence-corrected chi connectivity index (χ2v) is 6.91. The van der Waals surface area contributed by atoms with Gasteiger partial charge in [0.25, 0.3) is 0 Å². The van der Waals surface area contributed by atoms with Crippen LogP contribution in [0.1, 0.15) is 37.9 Å². The zero-order valence-corrected chi connectivity index (χ0v) is 13.9. The normalized spacial score (nSPS) is 27.9. The molecule has 134 valence electrons. The van der Waals surface area contributed by atoms with Crippen molar-refractivity contribution in [2.24, 2.45) is 5.41 Å². The van der Waals surface area contributed by atoms with E-state index in [1.165, 1.54) is 6.07 Å². The molecule has 3 unspecified atom stereocenters. The molecule has 6 heteroatoms. The SMILES string of the molecule is CCOC1CC(O)C12CCN(CC(O)c1ccc(F)cc1F)CC2. The topological polar surface area (TPSA) is 52.9 Å². The van der Waals surface area contributed by atoms with Gasteiger partial charge in [0, 0.05) is 36.6 Å². The van der Waals surface area contributed by atoms with Crippen molar-refractivity contribution in [3.05, 3.63) is 35.4 Å². The fourth-order valence-electron chi connectivity index (χ4n) is 4.08. The molecule has 0 radical (unpaired) electrons. The van der Waals surface area contributed by atoms with Crippen LogP contribution in [0.3, 0.4) is 0 Å². The van der Waals surface area contributed by atoms with E-state index in [9.17, 15) is 19.0 Å². The summed E-state index contributed by atoms with van der Waals surface area (Å²) in [5.74, 6) is -1.37. The number of β-amino-alcohol motifs (C(OH)–C–C–N with tert-alkyl or cyclic N) is 1. The summed E-state index contributed by atoms with van der Waals surface area (Å²) in [6, 6.07) is 3.24. The number of benzene rings is 1. The van der Waals surface area contributed by atoms with Gasteiger partial charge >= 0.3 is 0 Å². The molecule has 4 nitrogen and oxygen atoms in total. The third-order valence-electron chi connectivity index (χ3n) is 5.65. The van der Waals surface area contributed by atoms with Crippen LogP contribution in [-0.4, -0.2) is 53.6 Å². The average molecular weight is 341 g/mol. The molecule has 1 aromatic carbocycles. The van der Waals surface area contributed by atoms with Crippen LogP contribution in [0.2, 0.25) is 0 Å². The molecule has 24 heavy (non-hydrogen) atoms. The van der Waals surface area contributed by atoms with E-state index in [1.807, 2.05) is 6.92 Å². The van der Waals surface area contributed by atoms with E-state index in [-0.39, 0.29) is 23.2 Å². The number of hydrogen-bond acceptors (Lipinski definition) is 4. The zero-order valence-electron chi connectivity index (χ0n) is 13.9. The molecule has 1 aromatic rings. The summed E-state index contributed by atoms with van der Waals surface area (Å²) >= 11 is 0. The summed E-state index contributed by atoms with van der Waals surface area (Å²) in [6.07, 6.45) is 1.09. The summed E-state index contributed by atoms with van der Waals surface area (Å²) in [5, 5.41) is 20.5. The Morgan fingerprint density at radius 1 is 1.33 bits per heavy atom. The second kappa shape index (κ2) is 7.04. The number of ether oxygens (including phenoxy) is 1. The van der Waals surface area contributed by atoms with Gasteiger partial charge in [-0.05, 0) is 38.9 Å². The van der Waals surface area contributed by atoms with Crippen LogP contribution in [-0.2, 0) is 4.74 Å². The number of aliphatic hydroxyl groups excluding tert-OH is 2. The Bertz CT molecular complexity index is 573. The Kier molecular flexibility index (Phi) is 5.20. The first-order valence-electron chi connectivity index (χ1n) is 8.61. The van der Waals surface area contributed by atoms with Crippen LogP contribution in [0, 0.1) is 17.0 Å². The lowest BCUT2D eigenvalue weighted by Crippen LogP contribution is -2.62. The number of halogens is 2. The Morgan fingerprint density at radius 2 is 2.04 bits per heavy atom. The highest BCUT2D eigenvalue weighted by Crippen LogP contribution is 2.51. The van der Waals surface area contributed by atoms with Crippen molar-refractivity contribution in [3.63, 3.8) is 0 Å². The molecule has 1 saturated heterocycles. The molecule has 0 aromatic heterocycles. The summed E-state index contributed by atoms with van der Waals surface area (Å²) in [6.45, 7) is 4.35. The fraction of sp³-hybridized carbons (Fsp3) is 0.667. The van der Waals surface area contributed by atoms with Gasteiger partial charge in [-0.15, -0.1) is 0 Å². The number of piperidine rings is 1. The molecule has 2 aliphatic rings. The van der Waals surface area contributed by atoms with E-state index in [2.05, 4.69) is 4.90 Å². The van der Waals surface area contributed by atoms with Gasteiger partial charge in [0.15, 0.2) is 0 Å². The highest BCUT2D eigenvalue weighted by Gasteiger charge is 2.55. The van der Waals surface area contributed by atoms with Crippen molar-refractivity contribution in [3.8, 4) is 0 Å². The average Bonchev–Trinajstić information content (AvgIpc) is 2.55. The van der Waals surface area contributed by atoms with Gasteiger partial charge in [-0.25, -0.2) is 8.78 Å². The molecule has 1 heterocycles. The second-order valence-electron chi connectivity index (χ2n) is 6.91. The molecule has 0 bridgehead atoms. The maximum Gasteiger partial charge on any atom is 0.131 e. The molecule has 1 aliphatic carbocycles. The zero-order chi connectivity index (χ0) is 17.3. The smallest absolute Gasteiger partial charge is 0.131 e. The highest BCUT2D eigenvalue weighted by molar-refractivity contribution is 5.21. The number of hydrogen-bond donors (Lipinski definition) is 2. The van der Waals surface area contributed by atoms with Gasteiger partial charge in [0.1, 0.15) is 11.6 Å². The third-order valence-corrected chi connectivity index (χ3v) is 5.65. The molecule has 2 fully saturated rings. The van der Waals surface area contributed by atoms with E-state index in [0.717, 1.165) is 38.1 Å². The van der Waals surface area contributed by atoms with Crippen LogP contribution in [0.5, 0.6) is 0 Å². The summed E-state index contributed by atoms with van der Waals surface area (Å²) in [5.41, 5.74) is -0.0500. The van der Waals surface area contributed by atoms with Gasteiger partial charge < -0.3 is 19.8 Å². The highest BCUT2D eigenvalue weighted by atomic mass is 19.1. The minimum atomic E-state index is -0.992. The lowest BCUT2D eigenvalue weighted by atomic mass is 9.58. The minimum Gasteiger partial charge on any atom is -0.392 e. The van der Waals surface area contributed by atoms with E-state index < -0.39 is 17.7 Å². The number of nitrogens with zero attached hydrogens (tertiary/aromatic N) is 1. The van der Waals surface area contributed by atoms with Gasteiger partial charge in [0.05, 0.1) is 18.3 Å². The maximum absolute atomic E-state index is 13.8. The van der Waals surface area contributed by atoms with Crippen molar-refractivity contribution in [1.29, 1.82) is 0 Å². The number of rotatable bonds is 5. The van der Waals surface area contributed by atoms with E-state index >= 15 is 0 Å². The van der Waals surface area contributed by atoms with Crippen molar-refractivity contribution >= 4 is 0 Å². The van der Waals surface area contributed by atoms with Crippen molar-refractivity contribution in [2.45, 2.75) is 44.5 Å². The Morgan fingerprint density at radius 3 is 2.62 bits per heavy atom. The first-order valence-corrected chi connectivity index (χ1v) is 8.61. The van der Waals surface area contributed by atoms with Crippen LogP contribution >= 0.6 is 0 Å². The Hall–Kier alpha value is -1.08. The molecule has 0 amide bonds. The number of likely N-dealkylation sites (tertiary alicyclic amines) is 1. The van der Waals surface area contributed by atoms with Gasteiger partial charge in [-0.2, -0.15) is 0 Å². The summed E-state index contributed by atoms with van der Waals surface area (Å²) in [7, 11) is 0.